The zero-order valence-electron chi connectivity index (χ0n) is 13.7. The van der Waals surface area contributed by atoms with Gasteiger partial charge in [-0.25, -0.2) is 0 Å². The number of ether oxygens (including phenoxy) is 1. The van der Waals surface area contributed by atoms with Gasteiger partial charge in [-0.1, -0.05) is 54.6 Å². The van der Waals surface area contributed by atoms with E-state index < -0.39 is 0 Å². The first-order chi connectivity index (χ1) is 11.6. The van der Waals surface area contributed by atoms with Crippen LogP contribution in [0, 0.1) is 0 Å². The lowest BCUT2D eigenvalue weighted by atomic mass is 9.94. The van der Waals surface area contributed by atoms with Crippen LogP contribution < -0.4 is 4.74 Å². The van der Waals surface area contributed by atoms with Gasteiger partial charge in [0.15, 0.2) is 5.78 Å². The van der Waals surface area contributed by atoms with Crippen molar-refractivity contribution in [1.82, 2.24) is 0 Å². The minimum Gasteiger partial charge on any atom is -0.426 e. The molecule has 0 N–H and O–H groups in total. The van der Waals surface area contributed by atoms with Gasteiger partial charge in [-0.3, -0.25) is 9.59 Å². The average molecular weight is 318 g/mol. The Morgan fingerprint density at radius 2 is 1.50 bits per heavy atom. The first kappa shape index (κ1) is 15.9. The smallest absolute Gasteiger partial charge is 0.308 e. The topological polar surface area (TPSA) is 43.4 Å². The minimum absolute atomic E-state index is 0.00473. The minimum atomic E-state index is -0.370. The zero-order valence-corrected chi connectivity index (χ0v) is 13.7. The Balaban J connectivity index is 2.25. The lowest BCUT2D eigenvalue weighted by Gasteiger charge is -2.15. The molecule has 0 atom stereocenters. The van der Waals surface area contributed by atoms with E-state index in [0.29, 0.717) is 17.7 Å². The van der Waals surface area contributed by atoms with E-state index in [1.165, 1.54) is 6.92 Å². The number of rotatable bonds is 4. The highest BCUT2D eigenvalue weighted by molar-refractivity contribution is 6.09. The van der Waals surface area contributed by atoms with E-state index in [1.54, 1.807) is 6.92 Å². The molecule has 0 fully saturated rings. The van der Waals surface area contributed by atoms with Crippen molar-refractivity contribution < 1.29 is 14.3 Å². The molecule has 0 spiro atoms. The summed E-state index contributed by atoms with van der Waals surface area (Å²) >= 11 is 0. The van der Waals surface area contributed by atoms with Crippen LogP contribution in [0.4, 0.5) is 0 Å². The van der Waals surface area contributed by atoms with Crippen molar-refractivity contribution in [2.24, 2.45) is 0 Å². The van der Waals surface area contributed by atoms with Crippen LogP contribution in [0.2, 0.25) is 0 Å². The third-order valence-electron chi connectivity index (χ3n) is 3.93. The maximum atomic E-state index is 12.1. The van der Waals surface area contributed by atoms with Crippen LogP contribution >= 0.6 is 0 Å². The van der Waals surface area contributed by atoms with Crippen molar-refractivity contribution in [3.63, 3.8) is 0 Å². The summed E-state index contributed by atoms with van der Waals surface area (Å²) in [6.07, 6.45) is 0.592. The standard InChI is InChI=1S/C21H18O3/c1-14(22)20-13-17(12-16-8-4-3-5-9-16)21(24-15(2)23)19-11-7-6-10-18(19)20/h3-11,13H,12H2,1-2H3. The van der Waals surface area contributed by atoms with E-state index in [0.717, 1.165) is 21.9 Å². The molecule has 0 aliphatic rings. The van der Waals surface area contributed by atoms with Crippen LogP contribution in [0.3, 0.4) is 0 Å². The molecule has 0 saturated carbocycles. The SMILES string of the molecule is CC(=O)Oc1c(Cc2ccccc2)cc(C(C)=O)c2ccccc12. The number of benzene rings is 3. The molecule has 0 saturated heterocycles. The molecule has 0 unspecified atom stereocenters. The van der Waals surface area contributed by atoms with E-state index in [4.69, 9.17) is 4.74 Å². The molecule has 3 heteroatoms. The Labute approximate surface area is 140 Å². The van der Waals surface area contributed by atoms with Gasteiger partial charge in [-0.15, -0.1) is 0 Å². The predicted molar refractivity (Wildman–Crippen MR) is 94.5 cm³/mol. The summed E-state index contributed by atoms with van der Waals surface area (Å²) in [6, 6.07) is 19.3. The number of carbonyl (C=O) groups excluding carboxylic acids is 2. The highest BCUT2D eigenvalue weighted by Crippen LogP contribution is 2.34. The molecule has 0 radical (unpaired) electrons. The summed E-state index contributed by atoms with van der Waals surface area (Å²) in [6.45, 7) is 2.94. The van der Waals surface area contributed by atoms with E-state index in [2.05, 4.69) is 0 Å². The molecule has 3 aromatic carbocycles. The zero-order chi connectivity index (χ0) is 17.1. The molecule has 0 aliphatic carbocycles. The lowest BCUT2D eigenvalue weighted by Crippen LogP contribution is -2.07. The first-order valence-electron chi connectivity index (χ1n) is 7.84. The van der Waals surface area contributed by atoms with Crippen molar-refractivity contribution in [2.75, 3.05) is 0 Å². The Morgan fingerprint density at radius 3 is 2.12 bits per heavy atom. The third kappa shape index (κ3) is 3.20. The van der Waals surface area contributed by atoms with Crippen LogP contribution in [0.1, 0.15) is 35.3 Å². The van der Waals surface area contributed by atoms with Crippen LogP contribution in [0.5, 0.6) is 5.75 Å². The van der Waals surface area contributed by atoms with Gasteiger partial charge in [0.25, 0.3) is 0 Å². The van der Waals surface area contributed by atoms with E-state index in [-0.39, 0.29) is 11.8 Å². The maximum Gasteiger partial charge on any atom is 0.308 e. The lowest BCUT2D eigenvalue weighted by molar-refractivity contribution is -0.131. The number of carbonyl (C=O) groups is 2. The summed E-state index contributed by atoms with van der Waals surface area (Å²) in [5.41, 5.74) is 2.57. The van der Waals surface area contributed by atoms with E-state index in [1.807, 2.05) is 60.7 Å². The van der Waals surface area contributed by atoms with Gasteiger partial charge in [0, 0.05) is 29.9 Å². The Hall–Kier alpha value is -2.94. The second kappa shape index (κ2) is 6.67. The fraction of sp³-hybridized carbons (Fsp3) is 0.143. The molecule has 0 bridgehead atoms. The monoisotopic (exact) mass is 318 g/mol. The Morgan fingerprint density at radius 1 is 0.875 bits per heavy atom. The second-order valence-corrected chi connectivity index (χ2v) is 5.77. The van der Waals surface area contributed by atoms with Crippen molar-refractivity contribution in [3.8, 4) is 5.75 Å². The first-order valence-corrected chi connectivity index (χ1v) is 7.84. The molecular weight excluding hydrogens is 300 g/mol. The van der Waals surface area contributed by atoms with Gasteiger partial charge in [0.2, 0.25) is 0 Å². The molecule has 3 rings (SSSR count). The normalized spacial score (nSPS) is 10.6. The number of hydrogen-bond acceptors (Lipinski definition) is 3. The van der Waals surface area contributed by atoms with E-state index in [9.17, 15) is 9.59 Å². The van der Waals surface area contributed by atoms with Crippen LogP contribution in [0.25, 0.3) is 10.8 Å². The van der Waals surface area contributed by atoms with Gasteiger partial charge < -0.3 is 4.74 Å². The highest BCUT2D eigenvalue weighted by Gasteiger charge is 2.17. The number of esters is 1. The molecule has 24 heavy (non-hydrogen) atoms. The second-order valence-electron chi connectivity index (χ2n) is 5.77. The average Bonchev–Trinajstić information content (AvgIpc) is 2.57. The molecule has 120 valence electrons. The molecule has 3 aromatic rings. The molecule has 0 amide bonds. The van der Waals surface area contributed by atoms with Gasteiger partial charge in [-0.2, -0.15) is 0 Å². The van der Waals surface area contributed by atoms with Crippen molar-refractivity contribution in [3.05, 3.63) is 77.4 Å². The Bertz CT molecular complexity index is 911. The van der Waals surface area contributed by atoms with Gasteiger partial charge in [-0.05, 0) is 23.9 Å². The number of fused-ring (bicyclic) bond motifs is 1. The quantitative estimate of drug-likeness (QED) is 0.402. The molecular formula is C21H18O3. The van der Waals surface area contributed by atoms with Gasteiger partial charge >= 0.3 is 5.97 Å². The van der Waals surface area contributed by atoms with E-state index >= 15 is 0 Å². The summed E-state index contributed by atoms with van der Waals surface area (Å²) in [4.78, 5) is 23.7. The van der Waals surface area contributed by atoms with Crippen molar-refractivity contribution >= 4 is 22.5 Å². The molecule has 0 aliphatic heterocycles. The molecule has 3 nitrogen and oxygen atoms in total. The van der Waals surface area contributed by atoms with Crippen molar-refractivity contribution in [1.29, 1.82) is 0 Å². The largest absolute Gasteiger partial charge is 0.426 e. The summed E-state index contributed by atoms with van der Waals surface area (Å²) in [5, 5.41) is 1.59. The van der Waals surface area contributed by atoms with Gasteiger partial charge in [0.05, 0.1) is 0 Å². The van der Waals surface area contributed by atoms with Crippen LogP contribution in [-0.2, 0) is 11.2 Å². The highest BCUT2D eigenvalue weighted by atomic mass is 16.5. The number of Topliss-reactive ketones (excluding diaryl/α,β-unsaturated/α-hetero) is 1. The van der Waals surface area contributed by atoms with Gasteiger partial charge in [0.1, 0.15) is 5.75 Å². The summed E-state index contributed by atoms with van der Waals surface area (Å²) in [5.74, 6) is 0.159. The fourth-order valence-electron chi connectivity index (χ4n) is 2.91. The summed E-state index contributed by atoms with van der Waals surface area (Å²) in [7, 11) is 0. The third-order valence-corrected chi connectivity index (χ3v) is 3.93. The summed E-state index contributed by atoms with van der Waals surface area (Å²) < 4.78 is 5.52. The predicted octanol–water partition coefficient (Wildman–Crippen LogP) is 4.56. The Kier molecular flexibility index (Phi) is 4.43. The molecule has 0 aromatic heterocycles. The van der Waals surface area contributed by atoms with Crippen LogP contribution in [0.15, 0.2) is 60.7 Å². The van der Waals surface area contributed by atoms with Crippen molar-refractivity contribution in [2.45, 2.75) is 20.3 Å². The molecule has 0 heterocycles. The number of hydrogen-bond donors (Lipinski definition) is 0. The van der Waals surface area contributed by atoms with Crippen LogP contribution in [-0.4, -0.2) is 11.8 Å². The fourth-order valence-corrected chi connectivity index (χ4v) is 2.91. The number of ketones is 1. The maximum absolute atomic E-state index is 12.1.